The van der Waals surface area contributed by atoms with Crippen LogP contribution in [-0.4, -0.2) is 23.3 Å². The van der Waals surface area contributed by atoms with Crippen molar-refractivity contribution < 1.29 is 17.9 Å². The number of nitrogens with two attached hydrogens (primary N) is 1. The lowest BCUT2D eigenvalue weighted by molar-refractivity contribution is -0.138. The maximum atomic E-state index is 13.2. The molecule has 0 atom stereocenters. The molecule has 0 fully saturated rings. The van der Waals surface area contributed by atoms with Crippen molar-refractivity contribution in [3.63, 3.8) is 0 Å². The van der Waals surface area contributed by atoms with Gasteiger partial charge >= 0.3 is 6.18 Å². The Hall–Kier alpha value is -2.55. The van der Waals surface area contributed by atoms with E-state index in [0.29, 0.717) is 18.9 Å². The molecule has 2 heterocycles. The molecule has 128 valence electrons. The fourth-order valence-electron chi connectivity index (χ4n) is 2.77. The van der Waals surface area contributed by atoms with Crippen LogP contribution in [0.25, 0.3) is 0 Å². The van der Waals surface area contributed by atoms with Crippen LogP contribution in [0.5, 0.6) is 5.75 Å². The summed E-state index contributed by atoms with van der Waals surface area (Å²) in [5, 5.41) is 5.35. The summed E-state index contributed by atoms with van der Waals surface area (Å²) in [6.45, 7) is 1.09. The van der Waals surface area contributed by atoms with Gasteiger partial charge in [0.2, 0.25) is 0 Å². The number of benzene rings is 1. The molecule has 0 bridgehead atoms. The van der Waals surface area contributed by atoms with Crippen LogP contribution < -0.4 is 20.9 Å². The highest BCUT2D eigenvalue weighted by Crippen LogP contribution is 2.38. The van der Waals surface area contributed by atoms with Crippen LogP contribution in [0.1, 0.15) is 16.7 Å². The van der Waals surface area contributed by atoms with Gasteiger partial charge in [0, 0.05) is 25.2 Å². The van der Waals surface area contributed by atoms with Gasteiger partial charge in [-0.25, -0.2) is 5.10 Å². The van der Waals surface area contributed by atoms with Crippen molar-refractivity contribution in [3.05, 3.63) is 51.4 Å². The van der Waals surface area contributed by atoms with Gasteiger partial charge in [0.25, 0.3) is 5.56 Å². The molecular formula is C15H15F3N4O2. The highest BCUT2D eigenvalue weighted by atomic mass is 19.4. The predicted molar refractivity (Wildman–Crippen MR) is 80.7 cm³/mol. The third kappa shape index (κ3) is 2.94. The molecule has 1 aliphatic heterocycles. The van der Waals surface area contributed by atoms with Gasteiger partial charge < -0.3 is 15.4 Å². The van der Waals surface area contributed by atoms with Crippen molar-refractivity contribution in [2.45, 2.75) is 19.3 Å². The van der Waals surface area contributed by atoms with Crippen molar-refractivity contribution in [2.24, 2.45) is 5.73 Å². The van der Waals surface area contributed by atoms with Crippen molar-refractivity contribution >= 4 is 5.69 Å². The fraction of sp³-hybridized carbons (Fsp3) is 0.333. The normalized spacial score (nSPS) is 13.9. The Bertz CT molecular complexity index is 804. The number of rotatable bonds is 4. The number of fused-ring (bicyclic) bond motifs is 1. The first-order valence-corrected chi connectivity index (χ1v) is 7.25. The number of alkyl halides is 3. The fourth-order valence-corrected chi connectivity index (χ4v) is 2.77. The number of aromatic amines is 1. The molecule has 2 aromatic rings. The number of anilines is 1. The zero-order chi connectivity index (χ0) is 17.3. The van der Waals surface area contributed by atoms with Gasteiger partial charge in [-0.3, -0.25) is 4.79 Å². The zero-order valence-electron chi connectivity index (χ0n) is 12.6. The number of nitrogens with zero attached hydrogens (tertiary/aromatic N) is 2. The van der Waals surface area contributed by atoms with E-state index in [1.807, 2.05) is 11.2 Å². The Morgan fingerprint density at radius 2 is 2.12 bits per heavy atom. The van der Waals surface area contributed by atoms with Crippen LogP contribution in [0.4, 0.5) is 18.9 Å². The molecule has 0 amide bonds. The average Bonchev–Trinajstić information content (AvgIpc) is 2.96. The molecule has 0 spiro atoms. The van der Waals surface area contributed by atoms with Crippen molar-refractivity contribution in [1.29, 1.82) is 0 Å². The maximum absolute atomic E-state index is 13.2. The number of nitrogens with one attached hydrogen (secondary N) is 1. The molecule has 0 unspecified atom stereocenters. The van der Waals surface area contributed by atoms with Crippen molar-refractivity contribution in [1.82, 2.24) is 10.2 Å². The number of aromatic nitrogens is 2. The van der Waals surface area contributed by atoms with E-state index in [1.54, 1.807) is 12.1 Å². The Morgan fingerprint density at radius 1 is 1.33 bits per heavy atom. The zero-order valence-corrected chi connectivity index (χ0v) is 12.6. The van der Waals surface area contributed by atoms with E-state index in [0.717, 1.165) is 17.3 Å². The predicted octanol–water partition coefficient (Wildman–Crippen LogP) is 1.65. The highest BCUT2D eigenvalue weighted by Gasteiger charge is 2.39. The molecule has 0 aliphatic carbocycles. The number of ether oxygens (including phenoxy) is 1. The second-order valence-corrected chi connectivity index (χ2v) is 5.34. The van der Waals surface area contributed by atoms with Gasteiger partial charge in [-0.1, -0.05) is 12.1 Å². The Labute approximate surface area is 135 Å². The molecule has 3 rings (SSSR count). The monoisotopic (exact) mass is 340 g/mol. The lowest BCUT2D eigenvalue weighted by atomic mass is 10.1. The average molecular weight is 340 g/mol. The summed E-state index contributed by atoms with van der Waals surface area (Å²) in [4.78, 5) is 13.1. The van der Waals surface area contributed by atoms with Crippen molar-refractivity contribution in [2.75, 3.05) is 18.1 Å². The van der Waals surface area contributed by atoms with Crippen LogP contribution >= 0.6 is 0 Å². The van der Waals surface area contributed by atoms with E-state index in [1.165, 1.54) is 4.90 Å². The first-order chi connectivity index (χ1) is 11.4. The van der Waals surface area contributed by atoms with Gasteiger partial charge in [0.05, 0.1) is 11.9 Å². The molecular weight excluding hydrogens is 325 g/mol. The Kier molecular flexibility index (Phi) is 4.18. The SMILES string of the molecule is NCCOc1cccc2c1CN(c1cn[nH]c(=O)c1C(F)(F)F)C2. The van der Waals surface area contributed by atoms with Gasteiger partial charge in [-0.05, 0) is 11.6 Å². The summed E-state index contributed by atoms with van der Waals surface area (Å²) in [7, 11) is 0. The summed E-state index contributed by atoms with van der Waals surface area (Å²) in [6.07, 6.45) is -3.74. The van der Waals surface area contributed by atoms with E-state index in [-0.39, 0.29) is 18.8 Å². The third-order valence-corrected chi connectivity index (χ3v) is 3.78. The van der Waals surface area contributed by atoms with E-state index < -0.39 is 17.3 Å². The summed E-state index contributed by atoms with van der Waals surface area (Å²) in [5.74, 6) is 0.590. The van der Waals surface area contributed by atoms with Crippen LogP contribution in [0.15, 0.2) is 29.2 Å². The molecule has 9 heteroatoms. The van der Waals surface area contributed by atoms with Gasteiger partial charge in [0.1, 0.15) is 17.9 Å². The third-order valence-electron chi connectivity index (χ3n) is 3.78. The van der Waals surface area contributed by atoms with Crippen LogP contribution in [-0.2, 0) is 19.3 Å². The van der Waals surface area contributed by atoms with Gasteiger partial charge in [-0.2, -0.15) is 18.3 Å². The summed E-state index contributed by atoms with van der Waals surface area (Å²) in [6, 6.07) is 5.34. The Morgan fingerprint density at radius 3 is 2.83 bits per heavy atom. The van der Waals surface area contributed by atoms with Crippen LogP contribution in [0.3, 0.4) is 0 Å². The highest BCUT2D eigenvalue weighted by molar-refractivity contribution is 5.58. The summed E-state index contributed by atoms with van der Waals surface area (Å²) >= 11 is 0. The number of hydrogen-bond donors (Lipinski definition) is 2. The number of H-pyrrole nitrogens is 1. The minimum Gasteiger partial charge on any atom is -0.492 e. The van der Waals surface area contributed by atoms with Gasteiger partial charge in [0.15, 0.2) is 0 Å². The maximum Gasteiger partial charge on any atom is 0.423 e. The molecule has 0 saturated carbocycles. The molecule has 1 aliphatic rings. The van der Waals surface area contributed by atoms with Crippen molar-refractivity contribution in [3.8, 4) is 5.75 Å². The summed E-state index contributed by atoms with van der Waals surface area (Å²) in [5.41, 5.74) is 4.32. The second kappa shape index (κ2) is 6.16. The number of halogens is 3. The summed E-state index contributed by atoms with van der Waals surface area (Å²) < 4.78 is 45.2. The minimum atomic E-state index is -4.76. The molecule has 24 heavy (non-hydrogen) atoms. The second-order valence-electron chi connectivity index (χ2n) is 5.34. The molecule has 0 radical (unpaired) electrons. The van der Waals surface area contributed by atoms with E-state index >= 15 is 0 Å². The lowest BCUT2D eigenvalue weighted by Crippen LogP contribution is -2.28. The molecule has 3 N–H and O–H groups in total. The lowest BCUT2D eigenvalue weighted by Gasteiger charge is -2.21. The smallest absolute Gasteiger partial charge is 0.423 e. The first kappa shape index (κ1) is 16.3. The molecule has 6 nitrogen and oxygen atoms in total. The molecule has 1 aromatic heterocycles. The van der Waals surface area contributed by atoms with E-state index in [4.69, 9.17) is 10.5 Å². The quantitative estimate of drug-likeness (QED) is 0.884. The van der Waals surface area contributed by atoms with Crippen LogP contribution in [0.2, 0.25) is 0 Å². The van der Waals surface area contributed by atoms with E-state index in [9.17, 15) is 18.0 Å². The number of hydrogen-bond acceptors (Lipinski definition) is 5. The Balaban J connectivity index is 1.97. The van der Waals surface area contributed by atoms with Crippen LogP contribution in [0, 0.1) is 0 Å². The van der Waals surface area contributed by atoms with E-state index in [2.05, 4.69) is 5.10 Å². The topological polar surface area (TPSA) is 84.2 Å². The molecule has 1 aromatic carbocycles. The van der Waals surface area contributed by atoms with Gasteiger partial charge in [-0.15, -0.1) is 0 Å². The minimum absolute atomic E-state index is 0.199. The first-order valence-electron chi connectivity index (χ1n) is 7.25. The largest absolute Gasteiger partial charge is 0.492 e. The standard InChI is InChI=1S/C15H15F3N4O2/c16-15(17,18)13-11(6-20-21-14(13)23)22-7-9-2-1-3-12(10(9)8-22)24-5-4-19/h1-3,6H,4-5,7-8,19H2,(H,21,23). The molecule has 0 saturated heterocycles.